The highest BCUT2D eigenvalue weighted by Gasteiger charge is 2.36. The fourth-order valence-corrected chi connectivity index (χ4v) is 5.53. The summed E-state index contributed by atoms with van der Waals surface area (Å²) in [5.41, 5.74) is 5.14. The average Bonchev–Trinajstić information content (AvgIpc) is 2.93. The average molecular weight is 523 g/mol. The molecule has 190 valence electrons. The predicted molar refractivity (Wildman–Crippen MR) is 149 cm³/mol. The van der Waals surface area contributed by atoms with Crippen molar-refractivity contribution in [3.63, 3.8) is 0 Å². The minimum absolute atomic E-state index is 0.0386. The van der Waals surface area contributed by atoms with Crippen molar-refractivity contribution >= 4 is 28.3 Å². The zero-order chi connectivity index (χ0) is 27.0. The maximum atomic E-state index is 12.9. The fourth-order valence-electron chi connectivity index (χ4n) is 5.40. The minimum Gasteiger partial charge on any atom is -0.364 e. The lowest BCUT2D eigenvalue weighted by Gasteiger charge is -2.48. The lowest BCUT2D eigenvalue weighted by atomic mass is 9.93. The van der Waals surface area contributed by atoms with E-state index < -0.39 is 0 Å². The Kier molecular flexibility index (Phi) is 6.91. The molecule has 0 radical (unpaired) electrons. The molecule has 0 saturated carbocycles. The molecule has 8 heteroatoms. The van der Waals surface area contributed by atoms with Crippen LogP contribution in [0.15, 0.2) is 71.5 Å². The number of benzene rings is 2. The molecule has 5 rings (SSSR count). The summed E-state index contributed by atoms with van der Waals surface area (Å²) in [6.45, 7) is 5.72. The molecular formula is C30H27ClN6O. The highest BCUT2D eigenvalue weighted by atomic mass is 35.5. The zero-order valence-corrected chi connectivity index (χ0v) is 22.2. The predicted octanol–water partition coefficient (Wildman–Crippen LogP) is 5.02. The number of nitriles is 2. The van der Waals surface area contributed by atoms with Gasteiger partial charge in [0.1, 0.15) is 17.3 Å². The summed E-state index contributed by atoms with van der Waals surface area (Å²) in [5.74, 6) is 0. The van der Waals surface area contributed by atoms with E-state index in [1.807, 2.05) is 36.4 Å². The van der Waals surface area contributed by atoms with Crippen molar-refractivity contribution in [2.24, 2.45) is 7.05 Å². The highest BCUT2D eigenvalue weighted by Crippen LogP contribution is 2.36. The Morgan fingerprint density at radius 3 is 2.21 bits per heavy atom. The zero-order valence-electron chi connectivity index (χ0n) is 21.5. The number of piperazine rings is 1. The minimum atomic E-state index is -0.113. The second-order valence-electron chi connectivity index (χ2n) is 9.84. The molecule has 4 aromatic rings. The van der Waals surface area contributed by atoms with Gasteiger partial charge in [0.2, 0.25) is 0 Å². The number of halogens is 1. The third-order valence-electron chi connectivity index (χ3n) is 7.40. The van der Waals surface area contributed by atoms with Crippen LogP contribution in [-0.2, 0) is 7.05 Å². The summed E-state index contributed by atoms with van der Waals surface area (Å²) in [4.78, 5) is 22.1. The molecule has 0 aliphatic carbocycles. The Labute approximate surface area is 226 Å². The number of anilines is 1. The monoisotopic (exact) mass is 522 g/mol. The van der Waals surface area contributed by atoms with Gasteiger partial charge in [-0.2, -0.15) is 10.5 Å². The third kappa shape index (κ3) is 4.63. The van der Waals surface area contributed by atoms with Gasteiger partial charge in [-0.25, -0.2) is 4.98 Å². The lowest BCUT2D eigenvalue weighted by Crippen LogP contribution is -2.57. The number of aromatic nitrogens is 2. The summed E-state index contributed by atoms with van der Waals surface area (Å²) in [5, 5.41) is 19.4. The van der Waals surface area contributed by atoms with Crippen LogP contribution in [0.25, 0.3) is 11.0 Å². The third-order valence-corrected chi connectivity index (χ3v) is 7.65. The van der Waals surface area contributed by atoms with E-state index in [2.05, 4.69) is 52.9 Å². The Balaban J connectivity index is 1.55. The van der Waals surface area contributed by atoms with Crippen molar-refractivity contribution in [2.45, 2.75) is 32.0 Å². The maximum Gasteiger partial charge on any atom is 0.252 e. The number of rotatable bonds is 4. The molecule has 2 aromatic carbocycles. The van der Waals surface area contributed by atoms with E-state index in [0.717, 1.165) is 23.4 Å². The van der Waals surface area contributed by atoms with Crippen LogP contribution in [0.3, 0.4) is 0 Å². The van der Waals surface area contributed by atoms with Crippen molar-refractivity contribution in [3.05, 3.63) is 104 Å². The van der Waals surface area contributed by atoms with Crippen molar-refractivity contribution in [2.75, 3.05) is 18.0 Å². The van der Waals surface area contributed by atoms with E-state index in [9.17, 15) is 15.3 Å². The molecule has 1 fully saturated rings. The van der Waals surface area contributed by atoms with Gasteiger partial charge in [0.05, 0.1) is 28.9 Å². The molecule has 0 amide bonds. The van der Waals surface area contributed by atoms with Gasteiger partial charge >= 0.3 is 0 Å². The van der Waals surface area contributed by atoms with E-state index in [4.69, 9.17) is 11.6 Å². The van der Waals surface area contributed by atoms with Gasteiger partial charge in [-0.3, -0.25) is 9.69 Å². The SMILES string of the molecule is C[C@@H]1CN(c2cc(=O)n(C)c3ccc(C#N)nc23)[C@@H](C)CN1C(c1ccc(Cl)cc1)c1ccc(C#N)cc1. The summed E-state index contributed by atoms with van der Waals surface area (Å²) in [7, 11) is 1.72. The van der Waals surface area contributed by atoms with E-state index >= 15 is 0 Å². The summed E-state index contributed by atoms with van der Waals surface area (Å²) in [6, 6.07) is 25.2. The summed E-state index contributed by atoms with van der Waals surface area (Å²) >= 11 is 6.21. The van der Waals surface area contributed by atoms with Crippen LogP contribution in [0.5, 0.6) is 0 Å². The Morgan fingerprint density at radius 1 is 0.921 bits per heavy atom. The molecule has 0 spiro atoms. The van der Waals surface area contributed by atoms with E-state index in [-0.39, 0.29) is 23.7 Å². The second-order valence-corrected chi connectivity index (χ2v) is 10.3. The van der Waals surface area contributed by atoms with Crippen molar-refractivity contribution in [1.82, 2.24) is 14.5 Å². The molecule has 7 nitrogen and oxygen atoms in total. The fraction of sp³-hybridized carbons (Fsp3) is 0.267. The first-order chi connectivity index (χ1) is 18.3. The molecule has 0 bridgehead atoms. The van der Waals surface area contributed by atoms with E-state index in [1.54, 1.807) is 29.8 Å². The molecule has 2 aromatic heterocycles. The van der Waals surface area contributed by atoms with Gasteiger partial charge in [0.25, 0.3) is 5.56 Å². The molecule has 1 aliphatic heterocycles. The van der Waals surface area contributed by atoms with Crippen LogP contribution >= 0.6 is 11.6 Å². The molecular weight excluding hydrogens is 496 g/mol. The number of pyridine rings is 2. The van der Waals surface area contributed by atoms with Gasteiger partial charge in [-0.1, -0.05) is 35.9 Å². The standard InChI is InChI=1S/C30H27ClN6O/c1-19-18-37(30(23-8-10-24(31)11-9-23)22-6-4-21(15-32)5-7-22)20(2)17-36(19)27-14-28(38)35(3)26-13-12-25(16-33)34-29(26)27/h4-14,19-20,30H,17-18H2,1-3H3/t19-,20+,30?/m0/s1. The number of fused-ring (bicyclic) bond motifs is 1. The summed E-state index contributed by atoms with van der Waals surface area (Å²) < 4.78 is 1.57. The van der Waals surface area contributed by atoms with Gasteiger partial charge in [0.15, 0.2) is 0 Å². The van der Waals surface area contributed by atoms with Crippen molar-refractivity contribution in [1.29, 1.82) is 10.5 Å². The first kappa shape index (κ1) is 25.5. The largest absolute Gasteiger partial charge is 0.364 e. The van der Waals surface area contributed by atoms with E-state index in [0.29, 0.717) is 33.9 Å². The second kappa shape index (κ2) is 10.3. The molecule has 3 atom stereocenters. The number of aryl methyl sites for hydroxylation is 1. The van der Waals surface area contributed by atoms with Crippen LogP contribution in [0, 0.1) is 22.7 Å². The Hall–Kier alpha value is -4.17. The van der Waals surface area contributed by atoms with Crippen molar-refractivity contribution in [3.8, 4) is 12.1 Å². The van der Waals surface area contributed by atoms with E-state index in [1.165, 1.54) is 0 Å². The first-order valence-corrected chi connectivity index (χ1v) is 12.9. The van der Waals surface area contributed by atoms with Crippen molar-refractivity contribution < 1.29 is 0 Å². The number of hydrogen-bond donors (Lipinski definition) is 0. The van der Waals surface area contributed by atoms with Crippen LogP contribution in [-0.4, -0.2) is 39.6 Å². The Bertz CT molecular complexity index is 1630. The molecule has 3 heterocycles. The topological polar surface area (TPSA) is 88.9 Å². The Morgan fingerprint density at radius 2 is 1.58 bits per heavy atom. The van der Waals surface area contributed by atoms with Crippen LogP contribution in [0.4, 0.5) is 5.69 Å². The first-order valence-electron chi connectivity index (χ1n) is 12.5. The normalized spacial score (nSPS) is 18.6. The molecule has 1 unspecified atom stereocenters. The smallest absolute Gasteiger partial charge is 0.252 e. The molecule has 1 saturated heterocycles. The number of nitrogens with zero attached hydrogens (tertiary/aromatic N) is 6. The van der Waals surface area contributed by atoms with Gasteiger partial charge < -0.3 is 9.47 Å². The lowest BCUT2D eigenvalue weighted by molar-refractivity contribution is 0.130. The van der Waals surface area contributed by atoms with Gasteiger partial charge in [0, 0.05) is 43.3 Å². The van der Waals surface area contributed by atoms with Crippen LogP contribution in [0.1, 0.15) is 42.3 Å². The van der Waals surface area contributed by atoms with Gasteiger partial charge in [-0.05, 0) is 61.4 Å². The summed E-state index contributed by atoms with van der Waals surface area (Å²) in [6.07, 6.45) is 0. The van der Waals surface area contributed by atoms with Gasteiger partial charge in [-0.15, -0.1) is 0 Å². The molecule has 0 N–H and O–H groups in total. The van der Waals surface area contributed by atoms with Crippen LogP contribution < -0.4 is 10.5 Å². The molecule has 1 aliphatic rings. The van der Waals surface area contributed by atoms with Crippen LogP contribution in [0.2, 0.25) is 5.02 Å². The highest BCUT2D eigenvalue weighted by molar-refractivity contribution is 6.30. The molecule has 38 heavy (non-hydrogen) atoms. The maximum absolute atomic E-state index is 12.9. The quantitative estimate of drug-likeness (QED) is 0.374. The number of hydrogen-bond acceptors (Lipinski definition) is 6.